The highest BCUT2D eigenvalue weighted by Crippen LogP contribution is 2.47. The molecule has 2 atom stereocenters. The van der Waals surface area contributed by atoms with Crippen molar-refractivity contribution in [2.24, 2.45) is 11.8 Å². The van der Waals surface area contributed by atoms with E-state index in [1.54, 1.807) is 24.3 Å². The Morgan fingerprint density at radius 2 is 1.60 bits per heavy atom. The van der Waals surface area contributed by atoms with Crippen molar-refractivity contribution in [2.75, 3.05) is 39.3 Å². The van der Waals surface area contributed by atoms with Gasteiger partial charge in [0.05, 0.1) is 11.3 Å². The number of carbonyl (C=O) groups is 2. The largest absolute Gasteiger partial charge is 0.508 e. The first-order chi connectivity index (χ1) is 20.3. The van der Waals surface area contributed by atoms with Gasteiger partial charge in [0.15, 0.2) is 5.75 Å². The van der Waals surface area contributed by atoms with Crippen LogP contribution >= 0.6 is 11.3 Å². The number of carbonyl (C=O) groups excluding carboxylic acids is 1. The van der Waals surface area contributed by atoms with Gasteiger partial charge in [-0.2, -0.15) is 0 Å². The van der Waals surface area contributed by atoms with Gasteiger partial charge in [-0.15, -0.1) is 11.3 Å². The summed E-state index contributed by atoms with van der Waals surface area (Å²) in [7, 11) is 0. The number of phenolic OH excluding ortho intramolecular Hbond substituents is 1. The van der Waals surface area contributed by atoms with Crippen molar-refractivity contribution < 1.29 is 33.7 Å². The van der Waals surface area contributed by atoms with Crippen LogP contribution in [0.15, 0.2) is 66.7 Å². The molecule has 0 aliphatic carbocycles. The van der Waals surface area contributed by atoms with Crippen molar-refractivity contribution in [3.05, 3.63) is 72.5 Å². The van der Waals surface area contributed by atoms with Gasteiger partial charge in [-0.05, 0) is 72.0 Å². The van der Waals surface area contributed by atoms with Crippen LogP contribution < -0.4 is 9.47 Å². The number of rotatable bonds is 10. The first kappa shape index (κ1) is 28.0. The molecule has 2 aliphatic rings. The second-order valence-corrected chi connectivity index (χ2v) is 11.9. The minimum Gasteiger partial charge on any atom is -0.508 e. The van der Waals surface area contributed by atoms with Crippen LogP contribution in [0.5, 0.6) is 23.0 Å². The maximum atomic E-state index is 13.6. The van der Waals surface area contributed by atoms with E-state index in [4.69, 9.17) is 14.6 Å². The lowest BCUT2D eigenvalue weighted by atomic mass is 10.0. The molecule has 3 aromatic carbocycles. The number of hydrogen-bond acceptors (Lipinski definition) is 7. The molecule has 4 aromatic rings. The molecule has 1 aromatic heterocycles. The summed E-state index contributed by atoms with van der Waals surface area (Å²) in [5, 5.41) is 19.7. The molecule has 0 spiro atoms. The minimum absolute atomic E-state index is 0.0627. The number of aliphatic carboxylic acids is 1. The van der Waals surface area contributed by atoms with Gasteiger partial charge in [0.25, 0.3) is 0 Å². The van der Waals surface area contributed by atoms with E-state index in [9.17, 15) is 19.1 Å². The Balaban J connectivity index is 1.03. The van der Waals surface area contributed by atoms with Crippen LogP contribution in [0.25, 0.3) is 20.5 Å². The minimum atomic E-state index is -0.940. The Hall–Kier alpha value is -4.15. The molecule has 2 fully saturated rings. The van der Waals surface area contributed by atoms with Crippen molar-refractivity contribution in [2.45, 2.75) is 12.8 Å². The Labute approximate surface area is 246 Å². The van der Waals surface area contributed by atoms with E-state index in [1.165, 1.54) is 23.5 Å². The number of hydrogen-bond donors (Lipinski definition) is 2. The van der Waals surface area contributed by atoms with Crippen LogP contribution in [-0.2, 0) is 9.59 Å². The molecule has 42 heavy (non-hydrogen) atoms. The van der Waals surface area contributed by atoms with Crippen LogP contribution in [0.1, 0.15) is 12.8 Å². The lowest BCUT2D eigenvalue weighted by Crippen LogP contribution is -2.34. The maximum Gasteiger partial charge on any atom is 0.303 e. The molecule has 0 bridgehead atoms. The van der Waals surface area contributed by atoms with Gasteiger partial charge in [-0.1, -0.05) is 12.1 Å². The maximum absolute atomic E-state index is 13.6. The van der Waals surface area contributed by atoms with E-state index in [0.29, 0.717) is 43.0 Å². The Morgan fingerprint density at radius 3 is 2.29 bits per heavy atom. The van der Waals surface area contributed by atoms with Crippen LogP contribution in [0, 0.1) is 17.7 Å². The van der Waals surface area contributed by atoms with Gasteiger partial charge < -0.3 is 24.6 Å². The number of carboxylic acid groups (broad SMARTS) is 1. The molecule has 1 amide bonds. The van der Waals surface area contributed by atoms with Crippen molar-refractivity contribution >= 4 is 33.3 Å². The van der Waals surface area contributed by atoms with Gasteiger partial charge in [-0.3, -0.25) is 14.5 Å². The van der Waals surface area contributed by atoms with Crippen LogP contribution in [0.4, 0.5) is 4.39 Å². The van der Waals surface area contributed by atoms with E-state index < -0.39 is 5.97 Å². The molecular formula is C32H31FN2O6S. The number of carboxylic acids is 1. The van der Waals surface area contributed by atoms with Crippen molar-refractivity contribution in [3.63, 3.8) is 0 Å². The first-order valence-electron chi connectivity index (χ1n) is 14.0. The standard InChI is InChI=1S/C32H31FN2O6S/c33-23-3-1-20(2-4-23)32-31(27-10-5-24(36)15-28(27)42-32)41-26-8-6-25(7-9-26)40-14-13-34-16-21-18-35(19-22(21)17-34)29(37)11-12-30(38)39/h1-10,15,21-22,36H,11-14,16-19H2,(H,38,39). The fraction of sp³-hybridized carbons (Fsp3) is 0.312. The van der Waals surface area contributed by atoms with E-state index in [-0.39, 0.29) is 30.3 Å². The van der Waals surface area contributed by atoms with Crippen molar-refractivity contribution in [1.29, 1.82) is 0 Å². The lowest BCUT2D eigenvalue weighted by Gasteiger charge is -2.21. The quantitative estimate of drug-likeness (QED) is 0.239. The molecule has 2 unspecified atom stereocenters. The zero-order valence-electron chi connectivity index (χ0n) is 22.9. The molecule has 6 rings (SSSR count). The molecular weight excluding hydrogens is 559 g/mol. The summed E-state index contributed by atoms with van der Waals surface area (Å²) in [6, 6.07) is 18.9. The fourth-order valence-electron chi connectivity index (χ4n) is 5.82. The number of nitrogens with zero attached hydrogens (tertiary/aromatic N) is 2. The summed E-state index contributed by atoms with van der Waals surface area (Å²) in [5.41, 5.74) is 0.829. The highest BCUT2D eigenvalue weighted by atomic mass is 32.1. The van der Waals surface area contributed by atoms with Gasteiger partial charge in [-0.25, -0.2) is 4.39 Å². The second-order valence-electron chi connectivity index (χ2n) is 10.8. The van der Waals surface area contributed by atoms with E-state index in [0.717, 1.165) is 45.9 Å². The average molecular weight is 591 g/mol. The highest BCUT2D eigenvalue weighted by molar-refractivity contribution is 7.22. The highest BCUT2D eigenvalue weighted by Gasteiger charge is 2.41. The summed E-state index contributed by atoms with van der Waals surface area (Å²) >= 11 is 1.48. The number of phenols is 1. The topological polar surface area (TPSA) is 99.5 Å². The van der Waals surface area contributed by atoms with E-state index in [1.807, 2.05) is 35.2 Å². The third-order valence-corrected chi connectivity index (χ3v) is 9.10. The van der Waals surface area contributed by atoms with Crippen LogP contribution in [0.3, 0.4) is 0 Å². The van der Waals surface area contributed by atoms with Crippen molar-refractivity contribution in [1.82, 2.24) is 9.80 Å². The zero-order valence-corrected chi connectivity index (χ0v) is 23.7. The summed E-state index contributed by atoms with van der Waals surface area (Å²) < 4.78 is 26.8. The molecule has 10 heteroatoms. The number of likely N-dealkylation sites (tertiary alicyclic amines) is 2. The van der Waals surface area contributed by atoms with Gasteiger partial charge in [0.1, 0.15) is 29.7 Å². The molecule has 0 saturated carbocycles. The Bertz CT molecular complexity index is 1580. The summed E-state index contributed by atoms with van der Waals surface area (Å²) in [5.74, 6) is 1.72. The zero-order chi connectivity index (χ0) is 29.2. The SMILES string of the molecule is O=C(O)CCC(=O)N1CC2CN(CCOc3ccc(Oc4c(-c5ccc(F)cc5)sc5cc(O)ccc45)cc3)CC2C1. The number of fused-ring (bicyclic) bond motifs is 2. The number of halogens is 1. The number of amides is 1. The average Bonchev–Trinajstić information content (AvgIpc) is 3.65. The van der Waals surface area contributed by atoms with Crippen LogP contribution in [-0.4, -0.2) is 71.2 Å². The Kier molecular flexibility index (Phi) is 7.99. The number of thiophene rings is 1. The number of benzene rings is 3. The third-order valence-electron chi connectivity index (χ3n) is 7.92. The smallest absolute Gasteiger partial charge is 0.303 e. The molecule has 8 nitrogen and oxygen atoms in total. The monoisotopic (exact) mass is 590 g/mol. The first-order valence-corrected chi connectivity index (χ1v) is 14.8. The molecule has 2 N–H and O–H groups in total. The molecule has 2 saturated heterocycles. The second kappa shape index (κ2) is 12.0. The molecule has 2 aliphatic heterocycles. The van der Waals surface area contributed by atoms with E-state index in [2.05, 4.69) is 4.90 Å². The van der Waals surface area contributed by atoms with Gasteiger partial charge in [0.2, 0.25) is 5.91 Å². The summed E-state index contributed by atoms with van der Waals surface area (Å²) in [6.45, 7) is 4.54. The molecule has 0 radical (unpaired) electrons. The van der Waals surface area contributed by atoms with Crippen LogP contribution in [0.2, 0.25) is 0 Å². The predicted molar refractivity (Wildman–Crippen MR) is 158 cm³/mol. The third kappa shape index (κ3) is 6.19. The predicted octanol–water partition coefficient (Wildman–Crippen LogP) is 5.84. The summed E-state index contributed by atoms with van der Waals surface area (Å²) in [6.07, 6.45) is -0.0471. The van der Waals surface area contributed by atoms with Crippen molar-refractivity contribution in [3.8, 4) is 33.4 Å². The molecule has 218 valence electrons. The normalized spacial score (nSPS) is 18.4. The van der Waals surface area contributed by atoms with Gasteiger partial charge >= 0.3 is 5.97 Å². The number of ether oxygens (including phenoxy) is 2. The Morgan fingerprint density at radius 1 is 0.905 bits per heavy atom. The summed E-state index contributed by atoms with van der Waals surface area (Å²) in [4.78, 5) is 28.0. The molecule has 3 heterocycles. The lowest BCUT2D eigenvalue weighted by molar-refractivity contribution is -0.140. The van der Waals surface area contributed by atoms with E-state index >= 15 is 0 Å². The number of aromatic hydroxyl groups is 1. The fourth-order valence-corrected chi connectivity index (χ4v) is 6.99. The van der Waals surface area contributed by atoms with Gasteiger partial charge in [0, 0.05) is 49.2 Å².